The van der Waals surface area contributed by atoms with E-state index in [4.69, 9.17) is 9.53 Å². The number of aliphatic hydroxyl groups is 1. The van der Waals surface area contributed by atoms with Gasteiger partial charge in [0.1, 0.15) is 12.3 Å². The molecule has 0 aromatic heterocycles. The largest absolute Gasteiger partial charge is 0.544 e. The average molecular weight is 392 g/mol. The topological polar surface area (TPSA) is 113 Å². The highest BCUT2D eigenvalue weighted by Gasteiger charge is 2.34. The number of rotatable bonds is 8. The molecule has 0 amide bonds. The molecular formula is C18H24N2O6Si. The number of aliphatic carboxylic acids is 1. The van der Waals surface area contributed by atoms with E-state index in [-0.39, 0.29) is 5.70 Å². The number of carboxylic acid groups (broad SMARTS) is 1. The summed E-state index contributed by atoms with van der Waals surface area (Å²) < 4.78 is 6.08. The first-order valence-corrected chi connectivity index (χ1v) is 12.0. The number of aryl methyl sites for hydroxylation is 1. The SMILES string of the molecule is C[Si](C)(C)Oc1ccccc1CCC1=C([N+](=O)[O-])C(O)N(CC(=O)O)C=C1. The molecule has 27 heavy (non-hydrogen) atoms. The van der Waals surface area contributed by atoms with E-state index in [1.807, 2.05) is 24.3 Å². The number of nitrogens with zero attached hydrogens (tertiary/aromatic N) is 2. The van der Waals surface area contributed by atoms with Crippen molar-refractivity contribution in [3.8, 4) is 5.75 Å². The van der Waals surface area contributed by atoms with Crippen LogP contribution in [0, 0.1) is 10.1 Å². The third-order valence-electron chi connectivity index (χ3n) is 3.92. The van der Waals surface area contributed by atoms with E-state index in [1.54, 1.807) is 0 Å². The van der Waals surface area contributed by atoms with Crippen molar-refractivity contribution in [3.63, 3.8) is 0 Å². The van der Waals surface area contributed by atoms with Gasteiger partial charge in [-0.15, -0.1) is 0 Å². The second-order valence-corrected chi connectivity index (χ2v) is 11.7. The number of aliphatic hydroxyl groups excluding tert-OH is 1. The van der Waals surface area contributed by atoms with Crippen molar-refractivity contribution in [2.75, 3.05) is 6.54 Å². The summed E-state index contributed by atoms with van der Waals surface area (Å²) in [6.07, 6.45) is 2.12. The first kappa shape index (κ1) is 20.7. The Morgan fingerprint density at radius 1 is 1.30 bits per heavy atom. The number of carboxylic acids is 1. The molecule has 0 saturated carbocycles. The molecule has 2 rings (SSSR count). The fourth-order valence-corrected chi connectivity index (χ4v) is 3.66. The molecule has 0 saturated heterocycles. The molecule has 9 heteroatoms. The predicted molar refractivity (Wildman–Crippen MR) is 102 cm³/mol. The number of allylic oxidation sites excluding steroid dienone is 2. The molecule has 1 aliphatic heterocycles. The standard InChI is InChI=1S/C18H24N2O6Si/c1-27(2,3)26-15-7-5-4-6-13(15)8-9-14-10-11-19(12-16(21)22)18(23)17(14)20(24)25/h4-7,10-11,18,23H,8-9,12H2,1-3H3,(H,21,22). The van der Waals surface area contributed by atoms with Crippen LogP contribution in [0.5, 0.6) is 5.75 Å². The smallest absolute Gasteiger partial charge is 0.323 e. The van der Waals surface area contributed by atoms with Crippen LogP contribution in [0.1, 0.15) is 12.0 Å². The highest BCUT2D eigenvalue weighted by molar-refractivity contribution is 6.70. The molecule has 1 aliphatic rings. The third kappa shape index (κ3) is 5.66. The lowest BCUT2D eigenvalue weighted by Gasteiger charge is -2.27. The van der Waals surface area contributed by atoms with E-state index in [0.29, 0.717) is 18.4 Å². The molecule has 1 atom stereocenters. The Hall–Kier alpha value is -2.65. The molecule has 0 radical (unpaired) electrons. The maximum absolute atomic E-state index is 11.4. The molecular weight excluding hydrogens is 368 g/mol. The maximum Gasteiger partial charge on any atom is 0.323 e. The number of nitro groups is 1. The Morgan fingerprint density at radius 2 is 1.96 bits per heavy atom. The van der Waals surface area contributed by atoms with Crippen LogP contribution in [-0.4, -0.2) is 47.1 Å². The van der Waals surface area contributed by atoms with Gasteiger partial charge in [-0.25, -0.2) is 0 Å². The van der Waals surface area contributed by atoms with Crippen LogP contribution in [0.15, 0.2) is 47.8 Å². The van der Waals surface area contributed by atoms with Crippen molar-refractivity contribution in [2.24, 2.45) is 0 Å². The summed E-state index contributed by atoms with van der Waals surface area (Å²) in [6, 6.07) is 7.57. The van der Waals surface area contributed by atoms with Gasteiger partial charge in [-0.1, -0.05) is 18.2 Å². The lowest BCUT2D eigenvalue weighted by atomic mass is 10.00. The zero-order valence-electron chi connectivity index (χ0n) is 15.6. The Bertz CT molecular complexity index is 784. The summed E-state index contributed by atoms with van der Waals surface area (Å²) in [5.41, 5.74) is 0.922. The Labute approximate surface area is 158 Å². The summed E-state index contributed by atoms with van der Waals surface area (Å²) in [7, 11) is -1.80. The molecule has 8 nitrogen and oxygen atoms in total. The van der Waals surface area contributed by atoms with Crippen LogP contribution in [-0.2, 0) is 11.2 Å². The molecule has 0 spiro atoms. The second-order valence-electron chi connectivity index (χ2n) is 7.25. The van der Waals surface area contributed by atoms with Gasteiger partial charge in [-0.3, -0.25) is 14.9 Å². The normalized spacial score (nSPS) is 17.2. The summed E-state index contributed by atoms with van der Waals surface area (Å²) >= 11 is 0. The number of hydrogen-bond acceptors (Lipinski definition) is 6. The van der Waals surface area contributed by atoms with Crippen molar-refractivity contribution in [3.05, 3.63) is 63.5 Å². The second kappa shape index (κ2) is 8.36. The fraction of sp³-hybridized carbons (Fsp3) is 0.389. The summed E-state index contributed by atoms with van der Waals surface area (Å²) in [4.78, 5) is 22.7. The van der Waals surface area contributed by atoms with E-state index in [1.165, 1.54) is 12.3 Å². The van der Waals surface area contributed by atoms with Crippen molar-refractivity contribution in [1.29, 1.82) is 0 Å². The van der Waals surface area contributed by atoms with Crippen LogP contribution in [0.3, 0.4) is 0 Å². The van der Waals surface area contributed by atoms with Gasteiger partial charge in [0.05, 0.1) is 4.92 Å². The zero-order chi connectivity index (χ0) is 20.2. The number of benzene rings is 1. The van der Waals surface area contributed by atoms with Crippen molar-refractivity contribution in [1.82, 2.24) is 4.90 Å². The molecule has 2 N–H and O–H groups in total. The minimum Gasteiger partial charge on any atom is -0.544 e. The van der Waals surface area contributed by atoms with Gasteiger partial charge in [0.25, 0.3) is 5.70 Å². The van der Waals surface area contributed by atoms with Gasteiger partial charge >= 0.3 is 5.97 Å². The van der Waals surface area contributed by atoms with E-state index >= 15 is 0 Å². The lowest BCUT2D eigenvalue weighted by Crippen LogP contribution is -2.40. The summed E-state index contributed by atoms with van der Waals surface area (Å²) in [5, 5.41) is 30.5. The molecule has 0 bridgehead atoms. The minimum absolute atomic E-state index is 0.330. The Morgan fingerprint density at radius 3 is 2.56 bits per heavy atom. The number of hydrogen-bond donors (Lipinski definition) is 2. The molecule has 1 unspecified atom stereocenters. The lowest BCUT2D eigenvalue weighted by molar-refractivity contribution is -0.442. The Kier molecular flexibility index (Phi) is 6.40. The minimum atomic E-state index is -1.80. The average Bonchev–Trinajstić information content (AvgIpc) is 2.54. The number of carbonyl (C=O) groups is 1. The molecule has 0 fully saturated rings. The third-order valence-corrected chi connectivity index (χ3v) is 4.75. The van der Waals surface area contributed by atoms with Gasteiger partial charge in [-0.2, -0.15) is 0 Å². The molecule has 1 heterocycles. The van der Waals surface area contributed by atoms with Crippen LogP contribution in [0.4, 0.5) is 0 Å². The van der Waals surface area contributed by atoms with E-state index in [0.717, 1.165) is 16.2 Å². The highest BCUT2D eigenvalue weighted by atomic mass is 28.4. The van der Waals surface area contributed by atoms with E-state index in [9.17, 15) is 20.0 Å². The van der Waals surface area contributed by atoms with E-state index < -0.39 is 32.0 Å². The highest BCUT2D eigenvalue weighted by Crippen LogP contribution is 2.28. The molecule has 1 aromatic carbocycles. The van der Waals surface area contributed by atoms with Gasteiger partial charge in [-0.05, 0) is 50.2 Å². The van der Waals surface area contributed by atoms with Crippen molar-refractivity contribution in [2.45, 2.75) is 38.7 Å². The molecule has 146 valence electrons. The van der Waals surface area contributed by atoms with Crippen LogP contribution in [0.25, 0.3) is 0 Å². The maximum atomic E-state index is 11.4. The fourth-order valence-electron chi connectivity index (χ4n) is 2.80. The van der Waals surface area contributed by atoms with Gasteiger partial charge in [0, 0.05) is 11.8 Å². The van der Waals surface area contributed by atoms with Crippen LogP contribution < -0.4 is 4.43 Å². The van der Waals surface area contributed by atoms with Crippen molar-refractivity contribution >= 4 is 14.3 Å². The summed E-state index contributed by atoms with van der Waals surface area (Å²) in [5.74, 6) is -0.407. The molecule has 1 aromatic rings. The number of para-hydroxylation sites is 1. The van der Waals surface area contributed by atoms with Gasteiger partial charge in [0.15, 0.2) is 0 Å². The van der Waals surface area contributed by atoms with E-state index in [2.05, 4.69) is 19.6 Å². The first-order chi connectivity index (χ1) is 12.6. The predicted octanol–water partition coefficient (Wildman–Crippen LogP) is 2.60. The van der Waals surface area contributed by atoms with Gasteiger partial charge < -0.3 is 19.5 Å². The zero-order valence-corrected chi connectivity index (χ0v) is 16.6. The quantitative estimate of drug-likeness (QED) is 0.397. The molecule has 0 aliphatic carbocycles. The van der Waals surface area contributed by atoms with Gasteiger partial charge in [0.2, 0.25) is 14.5 Å². The van der Waals surface area contributed by atoms with Crippen LogP contribution >= 0.6 is 0 Å². The Balaban J connectivity index is 2.22. The monoisotopic (exact) mass is 392 g/mol. The van der Waals surface area contributed by atoms with Crippen molar-refractivity contribution < 1.29 is 24.4 Å². The summed E-state index contributed by atoms with van der Waals surface area (Å²) in [6.45, 7) is 5.71. The van der Waals surface area contributed by atoms with Crippen LogP contribution in [0.2, 0.25) is 19.6 Å². The first-order valence-electron chi connectivity index (χ1n) is 8.56.